The summed E-state index contributed by atoms with van der Waals surface area (Å²) in [7, 11) is 3.27. The molecule has 13 heavy (non-hydrogen) atoms. The molecule has 1 amide bonds. The highest BCUT2D eigenvalue weighted by Crippen LogP contribution is 2.12. The van der Waals surface area contributed by atoms with Gasteiger partial charge in [0.2, 0.25) is 0 Å². The summed E-state index contributed by atoms with van der Waals surface area (Å²) in [6.07, 6.45) is -0.384. The summed E-state index contributed by atoms with van der Waals surface area (Å²) in [6, 6.07) is 7.06. The molecule has 3 heteroatoms. The molecule has 0 aliphatic carbocycles. The van der Waals surface area contributed by atoms with Crippen molar-refractivity contribution < 1.29 is 9.53 Å². The fourth-order valence-corrected chi connectivity index (χ4v) is 0.801. The van der Waals surface area contributed by atoms with Gasteiger partial charge in [0.15, 0.2) is 0 Å². The Hall–Kier alpha value is -1.51. The molecule has 0 aliphatic heterocycles. The van der Waals surface area contributed by atoms with Gasteiger partial charge >= 0.3 is 6.09 Å². The number of hydrogen-bond donors (Lipinski definition) is 0. The van der Waals surface area contributed by atoms with Crippen LogP contribution in [0, 0.1) is 6.92 Å². The van der Waals surface area contributed by atoms with Crippen molar-refractivity contribution in [3.63, 3.8) is 0 Å². The van der Waals surface area contributed by atoms with E-state index in [4.69, 9.17) is 4.74 Å². The summed E-state index contributed by atoms with van der Waals surface area (Å²) in [5.74, 6) is 0.520. The molecule has 0 unspecified atom stereocenters. The van der Waals surface area contributed by atoms with E-state index in [0.29, 0.717) is 5.75 Å². The zero-order valence-electron chi connectivity index (χ0n) is 7.78. The third kappa shape index (κ3) is 2.78. The van der Waals surface area contributed by atoms with Crippen LogP contribution in [0.25, 0.3) is 0 Å². The summed E-state index contributed by atoms with van der Waals surface area (Å²) in [6.45, 7) is 3.73. The van der Waals surface area contributed by atoms with Crippen molar-refractivity contribution in [2.45, 2.75) is 0 Å². The summed E-state index contributed by atoms with van der Waals surface area (Å²) in [4.78, 5) is 12.5. The number of carbonyl (C=O) groups is 1. The van der Waals surface area contributed by atoms with Crippen LogP contribution in [0.15, 0.2) is 24.3 Å². The highest BCUT2D eigenvalue weighted by Gasteiger charge is 2.05. The zero-order valence-corrected chi connectivity index (χ0v) is 7.78. The number of rotatable bonds is 1. The van der Waals surface area contributed by atoms with E-state index in [1.807, 2.05) is 6.07 Å². The monoisotopic (exact) mass is 178 g/mol. The van der Waals surface area contributed by atoms with Crippen LogP contribution in [0.3, 0.4) is 0 Å². The molecule has 0 N–H and O–H groups in total. The Bertz CT molecular complexity index is 308. The molecule has 0 bridgehead atoms. The first-order chi connectivity index (χ1) is 6.09. The lowest BCUT2D eigenvalue weighted by atomic mass is 10.2. The minimum atomic E-state index is -0.384. The molecule has 3 nitrogen and oxygen atoms in total. The summed E-state index contributed by atoms with van der Waals surface area (Å²) in [5, 5.41) is 0. The van der Waals surface area contributed by atoms with Gasteiger partial charge in [0.1, 0.15) is 5.75 Å². The van der Waals surface area contributed by atoms with Crippen molar-refractivity contribution in [2.75, 3.05) is 14.1 Å². The van der Waals surface area contributed by atoms with E-state index in [0.717, 1.165) is 5.56 Å². The van der Waals surface area contributed by atoms with Crippen LogP contribution in [0.2, 0.25) is 0 Å². The molecule has 0 aliphatic rings. The Kier molecular flexibility index (Phi) is 2.90. The summed E-state index contributed by atoms with van der Waals surface area (Å²) >= 11 is 0. The van der Waals surface area contributed by atoms with Gasteiger partial charge < -0.3 is 9.64 Å². The van der Waals surface area contributed by atoms with Crippen molar-refractivity contribution in [1.82, 2.24) is 4.90 Å². The summed E-state index contributed by atoms with van der Waals surface area (Å²) < 4.78 is 5.00. The van der Waals surface area contributed by atoms with Gasteiger partial charge in [-0.1, -0.05) is 12.1 Å². The average molecular weight is 178 g/mol. The van der Waals surface area contributed by atoms with Gasteiger partial charge in [-0.2, -0.15) is 0 Å². The predicted molar refractivity (Wildman–Crippen MR) is 50.6 cm³/mol. The van der Waals surface area contributed by atoms with Crippen molar-refractivity contribution >= 4 is 6.09 Å². The normalized spacial score (nSPS) is 9.46. The quantitative estimate of drug-likeness (QED) is 0.657. The number of ether oxygens (including phenoxy) is 1. The molecule has 69 valence electrons. The number of amides is 1. The Labute approximate surface area is 77.9 Å². The molecular formula is C10H12NO2. The first-order valence-electron chi connectivity index (χ1n) is 3.91. The largest absolute Gasteiger partial charge is 0.414 e. The molecule has 0 saturated heterocycles. The molecule has 0 atom stereocenters. The molecule has 1 radical (unpaired) electrons. The van der Waals surface area contributed by atoms with Crippen molar-refractivity contribution in [3.05, 3.63) is 36.8 Å². The molecular weight excluding hydrogens is 166 g/mol. The van der Waals surface area contributed by atoms with Crippen LogP contribution in [-0.4, -0.2) is 25.1 Å². The third-order valence-electron chi connectivity index (χ3n) is 1.47. The van der Waals surface area contributed by atoms with E-state index in [1.54, 1.807) is 32.3 Å². The van der Waals surface area contributed by atoms with Crippen LogP contribution < -0.4 is 4.74 Å². The number of benzene rings is 1. The van der Waals surface area contributed by atoms with Gasteiger partial charge in [-0.15, -0.1) is 0 Å². The standard InChI is InChI=1S/C10H12NO2/c1-8-5-4-6-9(7-8)13-10(12)11(2)3/h4-7H,1H2,2-3H3. The lowest BCUT2D eigenvalue weighted by molar-refractivity contribution is 0.172. The van der Waals surface area contributed by atoms with Crippen LogP contribution in [-0.2, 0) is 0 Å². The topological polar surface area (TPSA) is 29.5 Å². The molecule has 0 spiro atoms. The van der Waals surface area contributed by atoms with E-state index >= 15 is 0 Å². The van der Waals surface area contributed by atoms with Gasteiger partial charge in [-0.05, 0) is 24.6 Å². The van der Waals surface area contributed by atoms with Crippen LogP contribution in [0.5, 0.6) is 5.75 Å². The number of nitrogens with zero attached hydrogens (tertiary/aromatic N) is 1. The van der Waals surface area contributed by atoms with E-state index in [1.165, 1.54) is 4.90 Å². The van der Waals surface area contributed by atoms with E-state index in [-0.39, 0.29) is 6.09 Å². The van der Waals surface area contributed by atoms with Gasteiger partial charge in [0.25, 0.3) is 0 Å². The van der Waals surface area contributed by atoms with E-state index in [2.05, 4.69) is 6.92 Å². The Balaban J connectivity index is 2.69. The van der Waals surface area contributed by atoms with Crippen molar-refractivity contribution in [2.24, 2.45) is 0 Å². The number of carbonyl (C=O) groups excluding carboxylic acids is 1. The second kappa shape index (κ2) is 3.94. The van der Waals surface area contributed by atoms with Gasteiger partial charge in [-0.3, -0.25) is 0 Å². The highest BCUT2D eigenvalue weighted by atomic mass is 16.6. The summed E-state index contributed by atoms with van der Waals surface area (Å²) in [5.41, 5.74) is 0.823. The lowest BCUT2D eigenvalue weighted by Crippen LogP contribution is -2.25. The molecule has 1 aromatic rings. The molecule has 0 saturated carbocycles. The second-order valence-electron chi connectivity index (χ2n) is 2.91. The number of hydrogen-bond acceptors (Lipinski definition) is 2. The van der Waals surface area contributed by atoms with Crippen molar-refractivity contribution in [1.29, 1.82) is 0 Å². The van der Waals surface area contributed by atoms with E-state index in [9.17, 15) is 4.79 Å². The minimum absolute atomic E-state index is 0.384. The maximum absolute atomic E-state index is 11.1. The molecule has 1 aromatic carbocycles. The smallest absolute Gasteiger partial charge is 0.410 e. The third-order valence-corrected chi connectivity index (χ3v) is 1.47. The zero-order chi connectivity index (χ0) is 9.84. The highest BCUT2D eigenvalue weighted by molar-refractivity contribution is 5.70. The molecule has 1 rings (SSSR count). The Morgan fingerprint density at radius 3 is 2.69 bits per heavy atom. The van der Waals surface area contributed by atoms with Gasteiger partial charge in [-0.25, -0.2) is 4.79 Å². The van der Waals surface area contributed by atoms with Gasteiger partial charge in [0.05, 0.1) is 0 Å². The lowest BCUT2D eigenvalue weighted by Gasteiger charge is -2.10. The van der Waals surface area contributed by atoms with Crippen LogP contribution in [0.4, 0.5) is 4.79 Å². The minimum Gasteiger partial charge on any atom is -0.410 e. The van der Waals surface area contributed by atoms with Gasteiger partial charge in [0, 0.05) is 14.1 Å². The fraction of sp³-hybridized carbons (Fsp3) is 0.200. The maximum Gasteiger partial charge on any atom is 0.414 e. The average Bonchev–Trinajstić information content (AvgIpc) is 2.04. The maximum atomic E-state index is 11.1. The Morgan fingerprint density at radius 1 is 1.46 bits per heavy atom. The van der Waals surface area contributed by atoms with Crippen LogP contribution in [0.1, 0.15) is 5.56 Å². The first-order valence-corrected chi connectivity index (χ1v) is 3.91. The van der Waals surface area contributed by atoms with Crippen molar-refractivity contribution in [3.8, 4) is 5.75 Å². The molecule has 0 heterocycles. The Morgan fingerprint density at radius 2 is 2.15 bits per heavy atom. The second-order valence-corrected chi connectivity index (χ2v) is 2.91. The SMILES string of the molecule is [CH2]c1cccc(OC(=O)N(C)C)c1. The predicted octanol–water partition coefficient (Wildman–Crippen LogP) is 1.93. The molecule has 0 fully saturated rings. The van der Waals surface area contributed by atoms with Crippen LogP contribution >= 0.6 is 0 Å². The van der Waals surface area contributed by atoms with E-state index < -0.39 is 0 Å². The molecule has 0 aromatic heterocycles. The fourth-order valence-electron chi connectivity index (χ4n) is 0.801. The first kappa shape index (κ1) is 9.58.